The van der Waals surface area contributed by atoms with E-state index in [0.29, 0.717) is 18.7 Å². The van der Waals surface area contributed by atoms with E-state index in [1.54, 1.807) is 18.2 Å². The van der Waals surface area contributed by atoms with Gasteiger partial charge in [0.25, 0.3) is 0 Å². The Bertz CT molecular complexity index is 1000. The van der Waals surface area contributed by atoms with Crippen LogP contribution in [0.1, 0.15) is 17.7 Å². The number of nitrogens with zero attached hydrogens (tertiary/aromatic N) is 3. The van der Waals surface area contributed by atoms with E-state index in [1.807, 2.05) is 39.9 Å². The van der Waals surface area contributed by atoms with E-state index in [1.165, 1.54) is 6.07 Å². The van der Waals surface area contributed by atoms with Gasteiger partial charge in [0.1, 0.15) is 11.5 Å². The molecule has 1 aliphatic rings. The molecule has 0 spiro atoms. The summed E-state index contributed by atoms with van der Waals surface area (Å²) in [5.41, 5.74) is 2.05. The third kappa shape index (κ3) is 4.43. The van der Waals surface area contributed by atoms with Crippen molar-refractivity contribution in [1.29, 1.82) is 0 Å². The zero-order valence-corrected chi connectivity index (χ0v) is 15.8. The number of hydrogen-bond donors (Lipinski definition) is 2. The highest BCUT2D eigenvalue weighted by Gasteiger charge is 2.31. The molecule has 2 N–H and O–H groups in total. The van der Waals surface area contributed by atoms with Crippen molar-refractivity contribution in [3.8, 4) is 0 Å². The maximum atomic E-state index is 14.0. The van der Waals surface area contributed by atoms with E-state index >= 15 is 0 Å². The van der Waals surface area contributed by atoms with Crippen molar-refractivity contribution in [2.75, 3.05) is 13.1 Å². The summed E-state index contributed by atoms with van der Waals surface area (Å²) in [5, 5.41) is 5.62. The second-order valence-corrected chi connectivity index (χ2v) is 7.05. The molecule has 8 heteroatoms. The molecule has 1 aliphatic heterocycles. The summed E-state index contributed by atoms with van der Waals surface area (Å²) in [6.07, 6.45) is 3.75. The van der Waals surface area contributed by atoms with Crippen LogP contribution in [-0.2, 0) is 22.7 Å². The van der Waals surface area contributed by atoms with E-state index in [9.17, 15) is 14.0 Å². The molecule has 1 fully saturated rings. The summed E-state index contributed by atoms with van der Waals surface area (Å²) in [5.74, 6) is -0.772. The number of nitrogens with one attached hydrogen (secondary N) is 2. The van der Waals surface area contributed by atoms with Crippen LogP contribution in [0.25, 0.3) is 5.65 Å². The molecule has 1 atom stereocenters. The monoisotopic (exact) mass is 395 g/mol. The lowest BCUT2D eigenvalue weighted by Gasteiger charge is -2.34. The van der Waals surface area contributed by atoms with E-state index in [4.69, 9.17) is 0 Å². The molecule has 150 valence electrons. The van der Waals surface area contributed by atoms with Gasteiger partial charge in [-0.2, -0.15) is 0 Å². The fraction of sp³-hybridized carbons (Fsp3) is 0.286. The van der Waals surface area contributed by atoms with Gasteiger partial charge < -0.3 is 15.0 Å². The van der Waals surface area contributed by atoms with Crippen molar-refractivity contribution in [1.82, 2.24) is 24.9 Å². The second kappa shape index (κ2) is 8.40. The zero-order valence-electron chi connectivity index (χ0n) is 15.8. The van der Waals surface area contributed by atoms with Crippen LogP contribution in [0.5, 0.6) is 0 Å². The molecular formula is C21H22FN5O2. The normalized spacial score (nSPS) is 17.3. The number of carbonyl (C=O) groups is 2. The van der Waals surface area contributed by atoms with E-state index < -0.39 is 6.04 Å². The number of hydrogen-bond acceptors (Lipinski definition) is 4. The fourth-order valence-electron chi connectivity index (χ4n) is 3.53. The number of fused-ring (bicyclic) bond motifs is 1. The van der Waals surface area contributed by atoms with Gasteiger partial charge in [-0.3, -0.25) is 14.5 Å². The standard InChI is InChI=1S/C21H22FN5O2/c22-17-6-2-1-5-15(17)13-26-10-8-23-21(29)18(26)11-20(28)24-12-16-14-27-9-4-3-7-19(27)25-16/h1-7,9,14,18H,8,10-13H2,(H,23,29)(H,24,28). The molecule has 29 heavy (non-hydrogen) atoms. The SMILES string of the molecule is O=C(CC1C(=O)NCCN1Cc1ccccc1F)NCc1cn2ccccc2n1. The summed E-state index contributed by atoms with van der Waals surface area (Å²) in [6, 6.07) is 11.5. The van der Waals surface area contributed by atoms with Crippen LogP contribution < -0.4 is 10.6 Å². The van der Waals surface area contributed by atoms with Crippen LogP contribution in [0, 0.1) is 5.82 Å². The number of benzene rings is 1. The molecule has 0 aliphatic carbocycles. The molecule has 2 amide bonds. The van der Waals surface area contributed by atoms with Crippen molar-refractivity contribution >= 4 is 17.5 Å². The molecule has 3 heterocycles. The lowest BCUT2D eigenvalue weighted by Crippen LogP contribution is -2.56. The summed E-state index contributed by atoms with van der Waals surface area (Å²) >= 11 is 0. The quantitative estimate of drug-likeness (QED) is 0.663. The van der Waals surface area contributed by atoms with Gasteiger partial charge in [-0.05, 0) is 18.2 Å². The maximum Gasteiger partial charge on any atom is 0.237 e. The predicted molar refractivity (Wildman–Crippen MR) is 105 cm³/mol. The molecule has 0 bridgehead atoms. The summed E-state index contributed by atoms with van der Waals surface area (Å²) in [6.45, 7) is 1.60. The van der Waals surface area contributed by atoms with Gasteiger partial charge in [0.05, 0.1) is 24.7 Å². The van der Waals surface area contributed by atoms with Crippen LogP contribution in [-0.4, -0.2) is 45.2 Å². The third-order valence-corrected chi connectivity index (χ3v) is 5.03. The Hall–Kier alpha value is -3.26. The second-order valence-electron chi connectivity index (χ2n) is 7.05. The van der Waals surface area contributed by atoms with E-state index in [0.717, 1.165) is 11.3 Å². The van der Waals surface area contributed by atoms with E-state index in [2.05, 4.69) is 15.6 Å². The maximum absolute atomic E-state index is 14.0. The first kappa shape index (κ1) is 19.1. The molecule has 2 aromatic heterocycles. The smallest absolute Gasteiger partial charge is 0.237 e. The highest BCUT2D eigenvalue weighted by Crippen LogP contribution is 2.16. The first-order chi connectivity index (χ1) is 14.1. The van der Waals surface area contributed by atoms with Crippen molar-refractivity contribution in [3.05, 3.63) is 71.9 Å². The Balaban J connectivity index is 1.39. The van der Waals surface area contributed by atoms with Crippen LogP contribution in [0.4, 0.5) is 4.39 Å². The van der Waals surface area contributed by atoms with Gasteiger partial charge in [0, 0.05) is 37.6 Å². The molecule has 0 radical (unpaired) electrons. The Morgan fingerprint density at radius 3 is 2.90 bits per heavy atom. The van der Waals surface area contributed by atoms with Crippen LogP contribution in [0.2, 0.25) is 0 Å². The molecule has 7 nitrogen and oxygen atoms in total. The Labute approximate surface area is 167 Å². The number of aromatic nitrogens is 2. The summed E-state index contributed by atoms with van der Waals surface area (Å²) in [7, 11) is 0. The number of imidazole rings is 1. The van der Waals surface area contributed by atoms with Gasteiger partial charge in [-0.25, -0.2) is 9.37 Å². The Kier molecular flexibility index (Phi) is 5.53. The number of rotatable bonds is 6. The largest absolute Gasteiger partial charge is 0.353 e. The molecule has 1 saturated heterocycles. The van der Waals surface area contributed by atoms with Crippen molar-refractivity contribution in [2.45, 2.75) is 25.6 Å². The Morgan fingerprint density at radius 2 is 2.07 bits per heavy atom. The van der Waals surface area contributed by atoms with Crippen LogP contribution in [0.3, 0.4) is 0 Å². The highest BCUT2D eigenvalue weighted by atomic mass is 19.1. The number of amides is 2. The molecule has 1 unspecified atom stereocenters. The van der Waals surface area contributed by atoms with Crippen molar-refractivity contribution in [3.63, 3.8) is 0 Å². The van der Waals surface area contributed by atoms with E-state index in [-0.39, 0.29) is 37.1 Å². The van der Waals surface area contributed by atoms with Crippen LogP contribution in [0.15, 0.2) is 54.9 Å². The summed E-state index contributed by atoms with van der Waals surface area (Å²) in [4.78, 5) is 31.1. The summed E-state index contributed by atoms with van der Waals surface area (Å²) < 4.78 is 15.9. The first-order valence-corrected chi connectivity index (χ1v) is 9.54. The first-order valence-electron chi connectivity index (χ1n) is 9.54. The molecule has 0 saturated carbocycles. The molecule has 4 rings (SSSR count). The highest BCUT2D eigenvalue weighted by molar-refractivity contribution is 5.88. The Morgan fingerprint density at radius 1 is 1.24 bits per heavy atom. The van der Waals surface area contributed by atoms with Gasteiger partial charge in [-0.1, -0.05) is 24.3 Å². The predicted octanol–water partition coefficient (Wildman–Crippen LogP) is 1.48. The van der Waals surface area contributed by atoms with Crippen molar-refractivity contribution in [2.24, 2.45) is 0 Å². The topological polar surface area (TPSA) is 78.7 Å². The zero-order chi connectivity index (χ0) is 20.2. The molecular weight excluding hydrogens is 373 g/mol. The van der Waals surface area contributed by atoms with Crippen molar-refractivity contribution < 1.29 is 14.0 Å². The van der Waals surface area contributed by atoms with Gasteiger partial charge in [-0.15, -0.1) is 0 Å². The average molecular weight is 395 g/mol. The number of pyridine rings is 1. The lowest BCUT2D eigenvalue weighted by atomic mass is 10.1. The number of halogens is 1. The third-order valence-electron chi connectivity index (χ3n) is 5.03. The van der Waals surface area contributed by atoms with Gasteiger partial charge >= 0.3 is 0 Å². The van der Waals surface area contributed by atoms with Gasteiger partial charge in [0.15, 0.2) is 0 Å². The number of piperazine rings is 1. The molecule has 1 aromatic carbocycles. The fourth-order valence-corrected chi connectivity index (χ4v) is 3.53. The van der Waals surface area contributed by atoms with Crippen LogP contribution >= 0.6 is 0 Å². The minimum absolute atomic E-state index is 0.00760. The number of carbonyl (C=O) groups excluding carboxylic acids is 2. The van der Waals surface area contributed by atoms with Gasteiger partial charge in [0.2, 0.25) is 11.8 Å². The average Bonchev–Trinajstić information content (AvgIpc) is 3.14. The molecule has 3 aromatic rings. The lowest BCUT2D eigenvalue weighted by molar-refractivity contribution is -0.134. The minimum Gasteiger partial charge on any atom is -0.353 e. The minimum atomic E-state index is -0.635.